The zero-order valence-corrected chi connectivity index (χ0v) is 13.9. The van der Waals surface area contributed by atoms with Crippen molar-refractivity contribution < 1.29 is 18.7 Å². The van der Waals surface area contributed by atoms with Gasteiger partial charge in [-0.25, -0.2) is 4.39 Å². The molecule has 2 aromatic carbocycles. The quantitative estimate of drug-likeness (QED) is 0.907. The molecule has 2 amide bonds. The predicted octanol–water partition coefficient (Wildman–Crippen LogP) is 2.30. The second kappa shape index (κ2) is 7.34. The number of halogens is 1. The third-order valence-electron chi connectivity index (χ3n) is 4.20. The van der Waals surface area contributed by atoms with E-state index < -0.39 is 6.04 Å². The Labute approximate surface area is 145 Å². The zero-order chi connectivity index (χ0) is 17.8. The van der Waals surface area contributed by atoms with Crippen molar-refractivity contribution in [3.63, 3.8) is 0 Å². The Kier molecular flexibility index (Phi) is 4.97. The molecule has 1 aliphatic heterocycles. The normalized spacial score (nSPS) is 16.8. The van der Waals surface area contributed by atoms with Crippen molar-refractivity contribution in [1.29, 1.82) is 0 Å². The molecule has 0 saturated carbocycles. The van der Waals surface area contributed by atoms with Crippen LogP contribution in [0.4, 0.5) is 10.1 Å². The second-order valence-electron chi connectivity index (χ2n) is 5.90. The number of anilines is 1. The summed E-state index contributed by atoms with van der Waals surface area (Å²) in [5.74, 6) is 0.00368. The van der Waals surface area contributed by atoms with Crippen molar-refractivity contribution in [3.8, 4) is 5.75 Å². The minimum Gasteiger partial charge on any atom is -0.497 e. The third kappa shape index (κ3) is 3.96. The third-order valence-corrected chi connectivity index (χ3v) is 4.20. The highest BCUT2D eigenvalue weighted by Crippen LogP contribution is 2.22. The average molecular weight is 342 g/mol. The van der Waals surface area contributed by atoms with Crippen LogP contribution in [0.3, 0.4) is 0 Å². The van der Waals surface area contributed by atoms with Crippen LogP contribution in [0, 0.1) is 5.82 Å². The Morgan fingerprint density at radius 1 is 1.20 bits per heavy atom. The Bertz CT molecular complexity index is 759. The number of hydrogen-bond acceptors (Lipinski definition) is 3. The standard InChI is InChI=1S/C19H19FN2O3/c1-25-16-8-2-13(3-9-16)12-18(23)21-17-10-11-22(19(17)24)15-6-4-14(20)5-7-15/h2-9,17H,10-12H2,1H3,(H,21,23). The van der Waals surface area contributed by atoms with E-state index in [0.29, 0.717) is 18.7 Å². The van der Waals surface area contributed by atoms with Crippen LogP contribution in [0.15, 0.2) is 48.5 Å². The molecule has 5 nitrogen and oxygen atoms in total. The predicted molar refractivity (Wildman–Crippen MR) is 92.0 cm³/mol. The maximum absolute atomic E-state index is 13.0. The molecule has 6 heteroatoms. The minimum absolute atomic E-state index is 0.172. The summed E-state index contributed by atoms with van der Waals surface area (Å²) in [5, 5.41) is 2.78. The second-order valence-corrected chi connectivity index (χ2v) is 5.90. The number of carbonyl (C=O) groups is 2. The largest absolute Gasteiger partial charge is 0.497 e. The SMILES string of the molecule is COc1ccc(CC(=O)NC2CCN(c3ccc(F)cc3)C2=O)cc1. The molecule has 3 rings (SSSR count). The Balaban J connectivity index is 1.58. The molecule has 1 N–H and O–H groups in total. The first-order chi connectivity index (χ1) is 12.1. The summed E-state index contributed by atoms with van der Waals surface area (Å²) in [7, 11) is 1.58. The molecule has 1 aliphatic rings. The Morgan fingerprint density at radius 3 is 2.52 bits per heavy atom. The van der Waals surface area contributed by atoms with Gasteiger partial charge < -0.3 is 15.0 Å². The lowest BCUT2D eigenvalue weighted by atomic mass is 10.1. The summed E-state index contributed by atoms with van der Waals surface area (Å²) in [6, 6.07) is 12.4. The fourth-order valence-electron chi connectivity index (χ4n) is 2.87. The van der Waals surface area contributed by atoms with E-state index in [1.165, 1.54) is 12.1 Å². The molecule has 2 aromatic rings. The van der Waals surface area contributed by atoms with Crippen LogP contribution >= 0.6 is 0 Å². The monoisotopic (exact) mass is 342 g/mol. The van der Waals surface area contributed by atoms with E-state index in [1.807, 2.05) is 12.1 Å². The minimum atomic E-state index is -0.546. The van der Waals surface area contributed by atoms with Crippen molar-refractivity contribution in [2.24, 2.45) is 0 Å². The molecule has 1 fully saturated rings. The highest BCUT2D eigenvalue weighted by atomic mass is 19.1. The average Bonchev–Trinajstić information content (AvgIpc) is 2.97. The van der Waals surface area contributed by atoms with Gasteiger partial charge in [-0.2, -0.15) is 0 Å². The van der Waals surface area contributed by atoms with E-state index in [2.05, 4.69) is 5.32 Å². The van der Waals surface area contributed by atoms with Gasteiger partial charge >= 0.3 is 0 Å². The highest BCUT2D eigenvalue weighted by Gasteiger charge is 2.33. The Morgan fingerprint density at radius 2 is 1.88 bits per heavy atom. The number of methoxy groups -OCH3 is 1. The summed E-state index contributed by atoms with van der Waals surface area (Å²) in [6.07, 6.45) is 0.731. The number of benzene rings is 2. The number of amides is 2. The summed E-state index contributed by atoms with van der Waals surface area (Å²) < 4.78 is 18.1. The highest BCUT2D eigenvalue weighted by molar-refractivity contribution is 6.01. The van der Waals surface area contributed by atoms with Gasteiger partial charge in [0.05, 0.1) is 13.5 Å². The van der Waals surface area contributed by atoms with E-state index in [9.17, 15) is 14.0 Å². The van der Waals surface area contributed by atoms with E-state index in [0.717, 1.165) is 11.3 Å². The van der Waals surface area contributed by atoms with Gasteiger partial charge in [-0.1, -0.05) is 12.1 Å². The lowest BCUT2D eigenvalue weighted by Gasteiger charge is -2.17. The van der Waals surface area contributed by atoms with Crippen LogP contribution < -0.4 is 15.0 Å². The molecular weight excluding hydrogens is 323 g/mol. The molecule has 1 atom stereocenters. The van der Waals surface area contributed by atoms with Crippen molar-refractivity contribution in [2.75, 3.05) is 18.6 Å². The van der Waals surface area contributed by atoms with Gasteiger partial charge in [0.1, 0.15) is 17.6 Å². The number of rotatable bonds is 5. The van der Waals surface area contributed by atoms with Gasteiger partial charge in [-0.05, 0) is 48.4 Å². The van der Waals surface area contributed by atoms with Gasteiger partial charge in [-0.15, -0.1) is 0 Å². The lowest BCUT2D eigenvalue weighted by Crippen LogP contribution is -2.42. The van der Waals surface area contributed by atoms with Gasteiger partial charge in [0, 0.05) is 12.2 Å². The molecule has 0 spiro atoms. The fraction of sp³-hybridized carbons (Fsp3) is 0.263. The summed E-state index contributed by atoms with van der Waals surface area (Å²) >= 11 is 0. The number of nitrogens with zero attached hydrogens (tertiary/aromatic N) is 1. The van der Waals surface area contributed by atoms with Crippen molar-refractivity contribution in [1.82, 2.24) is 5.32 Å². The topological polar surface area (TPSA) is 58.6 Å². The number of carbonyl (C=O) groups excluding carboxylic acids is 2. The number of ether oxygens (including phenoxy) is 1. The van der Waals surface area contributed by atoms with E-state index in [4.69, 9.17) is 4.74 Å². The first kappa shape index (κ1) is 17.0. The lowest BCUT2D eigenvalue weighted by molar-refractivity contribution is -0.126. The van der Waals surface area contributed by atoms with Crippen LogP contribution in [-0.4, -0.2) is 31.5 Å². The summed E-state index contributed by atoms with van der Waals surface area (Å²) in [4.78, 5) is 26.2. The molecule has 1 unspecified atom stereocenters. The molecule has 1 heterocycles. The molecular formula is C19H19FN2O3. The number of hydrogen-bond donors (Lipinski definition) is 1. The van der Waals surface area contributed by atoms with Crippen LogP contribution in [0.2, 0.25) is 0 Å². The smallest absolute Gasteiger partial charge is 0.249 e. The van der Waals surface area contributed by atoms with Crippen LogP contribution in [0.1, 0.15) is 12.0 Å². The van der Waals surface area contributed by atoms with Crippen molar-refractivity contribution >= 4 is 17.5 Å². The van der Waals surface area contributed by atoms with E-state index in [1.54, 1.807) is 36.3 Å². The molecule has 0 aromatic heterocycles. The van der Waals surface area contributed by atoms with E-state index >= 15 is 0 Å². The van der Waals surface area contributed by atoms with Gasteiger partial charge in [0.2, 0.25) is 11.8 Å². The van der Waals surface area contributed by atoms with Gasteiger partial charge in [0.25, 0.3) is 0 Å². The van der Waals surface area contributed by atoms with Crippen LogP contribution in [-0.2, 0) is 16.0 Å². The molecule has 0 bridgehead atoms. The zero-order valence-electron chi connectivity index (χ0n) is 13.9. The molecule has 0 aliphatic carbocycles. The summed E-state index contributed by atoms with van der Waals surface area (Å²) in [6.45, 7) is 0.498. The number of nitrogens with one attached hydrogen (secondary N) is 1. The Hall–Kier alpha value is -2.89. The first-order valence-corrected chi connectivity index (χ1v) is 8.06. The van der Waals surface area contributed by atoms with E-state index in [-0.39, 0.29) is 24.1 Å². The van der Waals surface area contributed by atoms with Gasteiger partial charge in [-0.3, -0.25) is 9.59 Å². The molecule has 1 saturated heterocycles. The van der Waals surface area contributed by atoms with Crippen molar-refractivity contribution in [2.45, 2.75) is 18.9 Å². The maximum Gasteiger partial charge on any atom is 0.249 e. The molecule has 25 heavy (non-hydrogen) atoms. The van der Waals surface area contributed by atoms with Crippen LogP contribution in [0.5, 0.6) is 5.75 Å². The molecule has 130 valence electrons. The van der Waals surface area contributed by atoms with Crippen molar-refractivity contribution in [3.05, 3.63) is 59.9 Å². The van der Waals surface area contributed by atoms with Crippen LogP contribution in [0.25, 0.3) is 0 Å². The molecule has 0 radical (unpaired) electrons. The summed E-state index contributed by atoms with van der Waals surface area (Å²) in [5.41, 5.74) is 1.48. The fourth-order valence-corrected chi connectivity index (χ4v) is 2.87. The maximum atomic E-state index is 13.0. The van der Waals surface area contributed by atoms with Gasteiger partial charge in [0.15, 0.2) is 0 Å². The first-order valence-electron chi connectivity index (χ1n) is 8.06.